The van der Waals surface area contributed by atoms with Crippen LogP contribution in [-0.2, 0) is 20.5 Å². The van der Waals surface area contributed by atoms with Gasteiger partial charge in [-0.3, -0.25) is 0 Å². The Balaban J connectivity index is 1.39. The van der Waals surface area contributed by atoms with Crippen LogP contribution in [-0.4, -0.2) is 54.2 Å². The van der Waals surface area contributed by atoms with E-state index in [-0.39, 0.29) is 4.90 Å². The predicted molar refractivity (Wildman–Crippen MR) is 108 cm³/mol. The molecule has 1 saturated heterocycles. The fourth-order valence-corrected chi connectivity index (χ4v) is 4.84. The molecule has 0 saturated carbocycles. The first kappa shape index (κ1) is 20.0. The molecule has 2 aromatic heterocycles. The standard InChI is InChI=1S/C19H20N4O4S2/c1-14-2-4-15(5-3-14)19-21-17(22-27-19)13-28-18-7-6-16(12-20-18)29(24,25)23-8-10-26-11-9-23/h2-7,12H,8-11,13H2,1H3. The Kier molecular flexibility index (Phi) is 5.95. The zero-order valence-electron chi connectivity index (χ0n) is 15.8. The average molecular weight is 433 g/mol. The lowest BCUT2D eigenvalue weighted by Gasteiger charge is -2.25. The second-order valence-corrected chi connectivity index (χ2v) is 9.45. The summed E-state index contributed by atoms with van der Waals surface area (Å²) in [6, 6.07) is 11.1. The van der Waals surface area contributed by atoms with Gasteiger partial charge in [-0.15, -0.1) is 0 Å². The minimum Gasteiger partial charge on any atom is -0.379 e. The van der Waals surface area contributed by atoms with E-state index in [2.05, 4.69) is 15.1 Å². The number of benzene rings is 1. The summed E-state index contributed by atoms with van der Waals surface area (Å²) < 4.78 is 37.2. The summed E-state index contributed by atoms with van der Waals surface area (Å²) >= 11 is 1.41. The van der Waals surface area contributed by atoms with Crippen LogP contribution in [0, 0.1) is 6.92 Å². The van der Waals surface area contributed by atoms with E-state index in [4.69, 9.17) is 9.26 Å². The Morgan fingerprint density at radius 1 is 1.10 bits per heavy atom. The third kappa shape index (κ3) is 4.67. The zero-order valence-corrected chi connectivity index (χ0v) is 17.4. The Hall–Kier alpha value is -2.27. The van der Waals surface area contributed by atoms with Gasteiger partial charge in [-0.25, -0.2) is 13.4 Å². The van der Waals surface area contributed by atoms with Crippen molar-refractivity contribution in [1.29, 1.82) is 0 Å². The molecule has 3 heterocycles. The van der Waals surface area contributed by atoms with Gasteiger partial charge in [-0.1, -0.05) is 34.6 Å². The second kappa shape index (κ2) is 8.62. The first-order chi connectivity index (χ1) is 14.0. The van der Waals surface area contributed by atoms with E-state index in [1.165, 1.54) is 22.3 Å². The maximum absolute atomic E-state index is 12.6. The Morgan fingerprint density at radius 3 is 2.55 bits per heavy atom. The molecule has 0 spiro atoms. The molecule has 0 N–H and O–H groups in total. The number of thioether (sulfide) groups is 1. The maximum atomic E-state index is 12.6. The van der Waals surface area contributed by atoms with Crippen molar-refractivity contribution in [3.63, 3.8) is 0 Å². The number of nitrogens with zero attached hydrogens (tertiary/aromatic N) is 4. The number of hydrogen-bond acceptors (Lipinski definition) is 8. The summed E-state index contributed by atoms with van der Waals surface area (Å²) in [6.07, 6.45) is 1.39. The van der Waals surface area contributed by atoms with Crippen LogP contribution >= 0.6 is 11.8 Å². The number of sulfonamides is 1. The molecule has 0 unspecified atom stereocenters. The second-order valence-electron chi connectivity index (χ2n) is 6.52. The summed E-state index contributed by atoms with van der Waals surface area (Å²) in [5.74, 6) is 1.50. The number of aryl methyl sites for hydroxylation is 1. The quantitative estimate of drug-likeness (QED) is 0.549. The molecule has 1 fully saturated rings. The van der Waals surface area contributed by atoms with Gasteiger partial charge in [0.25, 0.3) is 5.89 Å². The largest absolute Gasteiger partial charge is 0.379 e. The molecule has 29 heavy (non-hydrogen) atoms. The van der Waals surface area contributed by atoms with Crippen molar-refractivity contribution in [2.75, 3.05) is 26.3 Å². The maximum Gasteiger partial charge on any atom is 0.257 e. The monoisotopic (exact) mass is 432 g/mol. The molecular formula is C19H20N4O4S2. The molecular weight excluding hydrogens is 412 g/mol. The van der Waals surface area contributed by atoms with Crippen molar-refractivity contribution in [2.45, 2.75) is 22.6 Å². The van der Waals surface area contributed by atoms with Gasteiger partial charge in [0.05, 0.1) is 24.0 Å². The third-order valence-electron chi connectivity index (χ3n) is 4.43. The highest BCUT2D eigenvalue weighted by atomic mass is 32.2. The Bertz CT molecular complexity index is 1060. The van der Waals surface area contributed by atoms with Crippen molar-refractivity contribution >= 4 is 21.8 Å². The highest BCUT2D eigenvalue weighted by Crippen LogP contribution is 2.24. The van der Waals surface area contributed by atoms with Gasteiger partial charge in [0.1, 0.15) is 4.90 Å². The lowest BCUT2D eigenvalue weighted by Crippen LogP contribution is -2.40. The van der Waals surface area contributed by atoms with E-state index in [1.807, 2.05) is 31.2 Å². The van der Waals surface area contributed by atoms with E-state index >= 15 is 0 Å². The molecule has 0 radical (unpaired) electrons. The van der Waals surface area contributed by atoms with E-state index in [1.54, 1.807) is 12.1 Å². The van der Waals surface area contributed by atoms with Crippen molar-refractivity contribution in [3.8, 4) is 11.5 Å². The summed E-state index contributed by atoms with van der Waals surface area (Å²) in [5, 5.41) is 4.69. The topological polar surface area (TPSA) is 98.4 Å². The SMILES string of the molecule is Cc1ccc(-c2nc(CSc3ccc(S(=O)(=O)N4CCOCC4)cn3)no2)cc1. The molecule has 152 valence electrons. The van der Waals surface area contributed by atoms with E-state index < -0.39 is 10.0 Å². The van der Waals surface area contributed by atoms with Gasteiger partial charge < -0.3 is 9.26 Å². The van der Waals surface area contributed by atoms with Crippen LogP contribution < -0.4 is 0 Å². The molecule has 10 heteroatoms. The van der Waals surface area contributed by atoms with Crippen LogP contribution in [0.4, 0.5) is 0 Å². The van der Waals surface area contributed by atoms with Gasteiger partial charge in [0.15, 0.2) is 5.82 Å². The van der Waals surface area contributed by atoms with E-state index in [0.717, 1.165) is 11.1 Å². The average Bonchev–Trinajstić information content (AvgIpc) is 3.23. The normalized spacial score (nSPS) is 15.5. The number of ether oxygens (including phenoxy) is 1. The molecule has 1 aliphatic rings. The molecule has 1 aliphatic heterocycles. The van der Waals surface area contributed by atoms with Crippen LogP contribution in [0.5, 0.6) is 0 Å². The predicted octanol–water partition coefficient (Wildman–Crippen LogP) is 2.75. The highest BCUT2D eigenvalue weighted by Gasteiger charge is 2.26. The lowest BCUT2D eigenvalue weighted by molar-refractivity contribution is 0.0730. The van der Waals surface area contributed by atoms with Gasteiger partial charge in [0, 0.05) is 24.8 Å². The van der Waals surface area contributed by atoms with Gasteiger partial charge >= 0.3 is 0 Å². The molecule has 0 aliphatic carbocycles. The van der Waals surface area contributed by atoms with E-state index in [0.29, 0.717) is 48.8 Å². The smallest absolute Gasteiger partial charge is 0.257 e. The number of hydrogen-bond donors (Lipinski definition) is 0. The molecule has 0 atom stereocenters. The van der Waals surface area contributed by atoms with Gasteiger partial charge in [-0.2, -0.15) is 9.29 Å². The number of pyridine rings is 1. The van der Waals surface area contributed by atoms with Crippen molar-refractivity contribution in [3.05, 3.63) is 54.0 Å². The molecule has 0 bridgehead atoms. The van der Waals surface area contributed by atoms with Crippen molar-refractivity contribution in [1.82, 2.24) is 19.4 Å². The van der Waals surface area contributed by atoms with E-state index in [9.17, 15) is 8.42 Å². The number of aromatic nitrogens is 3. The van der Waals surface area contributed by atoms with Crippen LogP contribution in [0.25, 0.3) is 11.5 Å². The third-order valence-corrected chi connectivity index (χ3v) is 7.25. The summed E-state index contributed by atoms with van der Waals surface area (Å²) in [4.78, 5) is 8.86. The van der Waals surface area contributed by atoms with Crippen LogP contribution in [0.2, 0.25) is 0 Å². The van der Waals surface area contributed by atoms with Gasteiger partial charge in [0.2, 0.25) is 10.0 Å². The lowest BCUT2D eigenvalue weighted by atomic mass is 10.1. The van der Waals surface area contributed by atoms with Crippen molar-refractivity contribution in [2.24, 2.45) is 0 Å². The minimum absolute atomic E-state index is 0.185. The summed E-state index contributed by atoms with van der Waals surface area (Å²) in [5.41, 5.74) is 2.03. The summed E-state index contributed by atoms with van der Waals surface area (Å²) in [6.45, 7) is 3.57. The summed E-state index contributed by atoms with van der Waals surface area (Å²) in [7, 11) is -3.53. The van der Waals surface area contributed by atoms with Crippen LogP contribution in [0.15, 0.2) is 57.0 Å². The highest BCUT2D eigenvalue weighted by molar-refractivity contribution is 7.98. The van der Waals surface area contributed by atoms with Crippen molar-refractivity contribution < 1.29 is 17.7 Å². The fraction of sp³-hybridized carbons (Fsp3) is 0.316. The zero-order chi connectivity index (χ0) is 20.3. The number of morpholine rings is 1. The Morgan fingerprint density at radius 2 is 1.86 bits per heavy atom. The van der Waals surface area contributed by atoms with Crippen LogP contribution in [0.1, 0.15) is 11.4 Å². The molecule has 3 aromatic rings. The fourth-order valence-electron chi connectivity index (χ4n) is 2.81. The number of rotatable bonds is 6. The molecule has 0 amide bonds. The first-order valence-electron chi connectivity index (χ1n) is 9.09. The van der Waals surface area contributed by atoms with Gasteiger partial charge in [-0.05, 0) is 31.2 Å². The molecule has 8 nitrogen and oxygen atoms in total. The Labute approximate surface area is 173 Å². The minimum atomic E-state index is -3.53. The molecule has 1 aromatic carbocycles. The van der Waals surface area contributed by atoms with Crippen LogP contribution in [0.3, 0.4) is 0 Å². The first-order valence-corrected chi connectivity index (χ1v) is 11.5. The molecule has 4 rings (SSSR count).